The number of ether oxygens (including phenoxy) is 1. The summed E-state index contributed by atoms with van der Waals surface area (Å²) in [5.74, 6) is 0.885. The maximum absolute atomic E-state index is 12.2. The van der Waals surface area contributed by atoms with Crippen molar-refractivity contribution in [3.63, 3.8) is 0 Å². The van der Waals surface area contributed by atoms with E-state index in [1.165, 1.54) is 19.7 Å². The molecule has 3 N–H and O–H groups in total. The average Bonchev–Trinajstić information content (AvgIpc) is 3.07. The molecule has 0 aliphatic carbocycles. The van der Waals surface area contributed by atoms with Crippen molar-refractivity contribution in [3.05, 3.63) is 30.3 Å². The summed E-state index contributed by atoms with van der Waals surface area (Å²) < 4.78 is 10.6. The number of amides is 1. The van der Waals surface area contributed by atoms with Gasteiger partial charge in [-0.2, -0.15) is 5.26 Å². The molecule has 0 unspecified atom stereocenters. The summed E-state index contributed by atoms with van der Waals surface area (Å²) in [6.07, 6.45) is 3.37. The Morgan fingerprint density at radius 3 is 2.79 bits per heavy atom. The van der Waals surface area contributed by atoms with E-state index in [0.29, 0.717) is 35.1 Å². The first-order valence-electron chi connectivity index (χ1n) is 7.53. The highest BCUT2D eigenvalue weighted by Crippen LogP contribution is 2.34. The van der Waals surface area contributed by atoms with Crippen molar-refractivity contribution >= 4 is 11.6 Å². The van der Waals surface area contributed by atoms with Crippen LogP contribution in [0.4, 0.5) is 5.69 Å². The number of methoxy groups -OCH3 is 1. The number of oxazole rings is 1. The number of rotatable bonds is 6. The van der Waals surface area contributed by atoms with Crippen LogP contribution in [0.3, 0.4) is 0 Å². The van der Waals surface area contributed by atoms with Crippen LogP contribution in [0.2, 0.25) is 0 Å². The molecule has 1 aromatic carbocycles. The van der Waals surface area contributed by atoms with Crippen LogP contribution < -0.4 is 15.8 Å². The molecular formula is C17H20N4O3. The molecule has 1 heterocycles. The third kappa shape index (κ3) is 3.91. The first-order chi connectivity index (χ1) is 11.5. The number of benzene rings is 1. The standard InChI is InChI=1S/C17H20N4O3/c1-10(2)4-13(19)17(22)21-14-6-15(23-3)12(5-11(14)7-18)16-8-20-9-24-16/h5-6,8-10,13H,4,19H2,1-3H3,(H,21,22)/t13-/m1/s1. The van der Waals surface area contributed by atoms with Gasteiger partial charge < -0.3 is 20.2 Å². The molecule has 1 aromatic heterocycles. The van der Waals surface area contributed by atoms with Gasteiger partial charge in [-0.15, -0.1) is 0 Å². The molecule has 0 saturated heterocycles. The van der Waals surface area contributed by atoms with E-state index < -0.39 is 6.04 Å². The van der Waals surface area contributed by atoms with Crippen LogP contribution in [-0.4, -0.2) is 24.0 Å². The number of anilines is 1. The van der Waals surface area contributed by atoms with E-state index in [-0.39, 0.29) is 11.5 Å². The van der Waals surface area contributed by atoms with Crippen LogP contribution in [0.25, 0.3) is 11.3 Å². The lowest BCUT2D eigenvalue weighted by molar-refractivity contribution is -0.117. The zero-order valence-electron chi connectivity index (χ0n) is 13.9. The molecule has 0 spiro atoms. The van der Waals surface area contributed by atoms with E-state index in [1.807, 2.05) is 13.8 Å². The lowest BCUT2D eigenvalue weighted by atomic mass is 10.0. The van der Waals surface area contributed by atoms with Crippen molar-refractivity contribution in [2.24, 2.45) is 11.7 Å². The number of carbonyl (C=O) groups excluding carboxylic acids is 1. The van der Waals surface area contributed by atoms with E-state index >= 15 is 0 Å². The first kappa shape index (κ1) is 17.5. The fourth-order valence-corrected chi connectivity index (χ4v) is 2.33. The molecule has 0 radical (unpaired) electrons. The van der Waals surface area contributed by atoms with Gasteiger partial charge in [-0.25, -0.2) is 4.98 Å². The van der Waals surface area contributed by atoms with Crippen molar-refractivity contribution in [3.8, 4) is 23.1 Å². The van der Waals surface area contributed by atoms with E-state index in [2.05, 4.69) is 16.4 Å². The van der Waals surface area contributed by atoms with Crippen LogP contribution in [0, 0.1) is 17.2 Å². The Kier molecular flexibility index (Phi) is 5.55. The van der Waals surface area contributed by atoms with Gasteiger partial charge in [-0.05, 0) is 18.4 Å². The van der Waals surface area contributed by atoms with Gasteiger partial charge in [0.2, 0.25) is 5.91 Å². The second-order valence-electron chi connectivity index (χ2n) is 5.80. The number of aromatic nitrogens is 1. The summed E-state index contributed by atoms with van der Waals surface area (Å²) in [6, 6.07) is 4.58. The van der Waals surface area contributed by atoms with Crippen LogP contribution >= 0.6 is 0 Å². The Balaban J connectivity index is 2.34. The van der Waals surface area contributed by atoms with Crippen molar-refractivity contribution in [2.75, 3.05) is 12.4 Å². The maximum atomic E-state index is 12.2. The summed E-state index contributed by atoms with van der Waals surface area (Å²) in [6.45, 7) is 3.98. The molecule has 7 nitrogen and oxygen atoms in total. The van der Waals surface area contributed by atoms with Crippen LogP contribution in [-0.2, 0) is 4.79 Å². The number of nitrogens with one attached hydrogen (secondary N) is 1. The summed E-state index contributed by atoms with van der Waals surface area (Å²) in [4.78, 5) is 16.1. The zero-order chi connectivity index (χ0) is 17.7. The predicted octanol–water partition coefficient (Wildman–Crippen LogP) is 2.53. The molecule has 0 fully saturated rings. The Morgan fingerprint density at radius 2 is 2.25 bits per heavy atom. The molecule has 2 aromatic rings. The Hall–Kier alpha value is -2.85. The van der Waals surface area contributed by atoms with E-state index in [1.54, 1.807) is 12.1 Å². The van der Waals surface area contributed by atoms with Crippen molar-refractivity contribution in [1.29, 1.82) is 5.26 Å². The van der Waals surface area contributed by atoms with Crippen molar-refractivity contribution in [1.82, 2.24) is 4.98 Å². The van der Waals surface area contributed by atoms with E-state index in [4.69, 9.17) is 14.9 Å². The minimum Gasteiger partial charge on any atom is -0.496 e. The molecule has 1 atom stereocenters. The fraction of sp³-hybridized carbons (Fsp3) is 0.353. The minimum atomic E-state index is -0.642. The Labute approximate surface area is 140 Å². The van der Waals surface area contributed by atoms with E-state index in [9.17, 15) is 10.1 Å². The first-order valence-corrected chi connectivity index (χ1v) is 7.53. The van der Waals surface area contributed by atoms with Gasteiger partial charge in [0.15, 0.2) is 12.2 Å². The monoisotopic (exact) mass is 328 g/mol. The zero-order valence-corrected chi connectivity index (χ0v) is 13.9. The van der Waals surface area contributed by atoms with Gasteiger partial charge in [-0.3, -0.25) is 4.79 Å². The Morgan fingerprint density at radius 1 is 1.50 bits per heavy atom. The van der Waals surface area contributed by atoms with Gasteiger partial charge in [0.05, 0.1) is 36.2 Å². The second kappa shape index (κ2) is 7.62. The summed E-state index contributed by atoms with van der Waals surface area (Å²) >= 11 is 0. The Bertz CT molecular complexity index is 748. The average molecular weight is 328 g/mol. The normalized spacial score (nSPS) is 11.8. The maximum Gasteiger partial charge on any atom is 0.241 e. The van der Waals surface area contributed by atoms with Gasteiger partial charge in [0, 0.05) is 6.07 Å². The van der Waals surface area contributed by atoms with Gasteiger partial charge in [-0.1, -0.05) is 13.8 Å². The topological polar surface area (TPSA) is 114 Å². The lowest BCUT2D eigenvalue weighted by Crippen LogP contribution is -2.36. The lowest BCUT2D eigenvalue weighted by Gasteiger charge is -2.16. The molecule has 126 valence electrons. The number of nitrogens with two attached hydrogens (primary N) is 1. The highest BCUT2D eigenvalue weighted by Gasteiger charge is 2.19. The number of hydrogen-bond donors (Lipinski definition) is 2. The molecule has 0 bridgehead atoms. The molecule has 0 aliphatic rings. The van der Waals surface area contributed by atoms with Gasteiger partial charge >= 0.3 is 0 Å². The molecule has 1 amide bonds. The number of carbonyl (C=O) groups is 1. The van der Waals surface area contributed by atoms with Gasteiger partial charge in [0.1, 0.15) is 11.8 Å². The summed E-state index contributed by atoms with van der Waals surface area (Å²) in [7, 11) is 1.50. The largest absolute Gasteiger partial charge is 0.496 e. The summed E-state index contributed by atoms with van der Waals surface area (Å²) in [5, 5.41) is 12.1. The third-order valence-corrected chi connectivity index (χ3v) is 3.48. The van der Waals surface area contributed by atoms with E-state index in [0.717, 1.165) is 0 Å². The van der Waals surface area contributed by atoms with Crippen molar-refractivity contribution in [2.45, 2.75) is 26.3 Å². The second-order valence-corrected chi connectivity index (χ2v) is 5.80. The summed E-state index contributed by atoms with van der Waals surface area (Å²) in [5.41, 5.74) is 7.10. The van der Waals surface area contributed by atoms with Crippen LogP contribution in [0.15, 0.2) is 29.1 Å². The molecule has 24 heavy (non-hydrogen) atoms. The highest BCUT2D eigenvalue weighted by molar-refractivity contribution is 5.96. The minimum absolute atomic E-state index is 0.285. The highest BCUT2D eigenvalue weighted by atomic mass is 16.5. The molecule has 7 heteroatoms. The molecule has 0 aliphatic heterocycles. The molecular weight excluding hydrogens is 308 g/mol. The quantitative estimate of drug-likeness (QED) is 0.842. The fourth-order valence-electron chi connectivity index (χ4n) is 2.33. The van der Waals surface area contributed by atoms with Crippen molar-refractivity contribution < 1.29 is 13.9 Å². The SMILES string of the molecule is COc1cc(NC(=O)[C@H](N)CC(C)C)c(C#N)cc1-c1cnco1. The smallest absolute Gasteiger partial charge is 0.241 e. The third-order valence-electron chi connectivity index (χ3n) is 3.48. The van der Waals surface area contributed by atoms with Crippen LogP contribution in [0.5, 0.6) is 5.75 Å². The number of hydrogen-bond acceptors (Lipinski definition) is 6. The van der Waals surface area contributed by atoms with Gasteiger partial charge in [0.25, 0.3) is 0 Å². The predicted molar refractivity (Wildman–Crippen MR) is 89.3 cm³/mol. The number of nitrogens with zero attached hydrogens (tertiary/aromatic N) is 2. The molecule has 0 saturated carbocycles. The number of nitriles is 1. The van der Waals surface area contributed by atoms with Crippen LogP contribution in [0.1, 0.15) is 25.8 Å². The molecule has 2 rings (SSSR count).